The van der Waals surface area contributed by atoms with Crippen LogP contribution in [0.4, 0.5) is 9.59 Å². The Bertz CT molecular complexity index is 704. The molecular formula is C24H42N4O5. The van der Waals surface area contributed by atoms with Gasteiger partial charge < -0.3 is 14.5 Å². The van der Waals surface area contributed by atoms with Crippen molar-refractivity contribution < 1.29 is 23.9 Å². The number of hydrogen-bond donors (Lipinski definition) is 0. The van der Waals surface area contributed by atoms with Crippen LogP contribution in [-0.2, 0) is 14.3 Å². The van der Waals surface area contributed by atoms with Crippen molar-refractivity contribution in [3.05, 3.63) is 0 Å². The first-order valence-corrected chi connectivity index (χ1v) is 12.3. The standard InChI is InChI=1S/C24H42N4O5/c1-9-13-17(23(5,6)27-19(29)15-25(11-3)21(27)31)33-18(14-10-2)24(7,8)28-20(30)16-26(12-4)22(28)32/h17-18H,9-16H2,1-8H3. The van der Waals surface area contributed by atoms with Crippen molar-refractivity contribution in [2.45, 2.75) is 104 Å². The fourth-order valence-electron chi connectivity index (χ4n) is 4.92. The molecule has 2 unspecified atom stereocenters. The lowest BCUT2D eigenvalue weighted by atomic mass is 9.88. The maximum Gasteiger partial charge on any atom is 0.327 e. The highest BCUT2D eigenvalue weighted by Crippen LogP contribution is 2.35. The van der Waals surface area contributed by atoms with Crippen LogP contribution in [0.25, 0.3) is 0 Å². The summed E-state index contributed by atoms with van der Waals surface area (Å²) in [6.07, 6.45) is 1.97. The quantitative estimate of drug-likeness (QED) is 0.411. The van der Waals surface area contributed by atoms with E-state index in [9.17, 15) is 19.2 Å². The molecular weight excluding hydrogens is 424 g/mol. The highest BCUT2D eigenvalue weighted by atomic mass is 16.5. The lowest BCUT2D eigenvalue weighted by molar-refractivity contribution is -0.151. The number of likely N-dealkylation sites (N-methyl/N-ethyl adjacent to an activating group) is 2. The van der Waals surface area contributed by atoms with Crippen LogP contribution in [0, 0.1) is 0 Å². The van der Waals surface area contributed by atoms with Crippen LogP contribution in [0.15, 0.2) is 0 Å². The maximum absolute atomic E-state index is 12.9. The summed E-state index contributed by atoms with van der Waals surface area (Å²) in [5.74, 6) is -0.460. The zero-order chi connectivity index (χ0) is 25.1. The molecule has 188 valence electrons. The highest BCUT2D eigenvalue weighted by Gasteiger charge is 2.52. The molecule has 6 amide bonds. The van der Waals surface area contributed by atoms with E-state index < -0.39 is 23.3 Å². The monoisotopic (exact) mass is 466 g/mol. The Morgan fingerprint density at radius 1 is 0.697 bits per heavy atom. The normalized spacial score (nSPS) is 19.9. The second kappa shape index (κ2) is 10.4. The van der Waals surface area contributed by atoms with Gasteiger partial charge in [0.25, 0.3) is 11.8 Å². The Kier molecular flexibility index (Phi) is 8.54. The van der Waals surface area contributed by atoms with E-state index in [4.69, 9.17) is 4.74 Å². The molecule has 33 heavy (non-hydrogen) atoms. The van der Waals surface area contributed by atoms with Crippen LogP contribution in [0.3, 0.4) is 0 Å². The van der Waals surface area contributed by atoms with E-state index in [1.165, 1.54) is 19.6 Å². The largest absolute Gasteiger partial charge is 0.370 e. The first-order valence-electron chi connectivity index (χ1n) is 12.3. The van der Waals surface area contributed by atoms with Crippen molar-refractivity contribution in [2.75, 3.05) is 26.2 Å². The SMILES string of the molecule is CCCC(OC(CCC)C(C)(C)N1C(=O)CN(CC)C1=O)C(C)(C)N1C(=O)CN(CC)C1=O. The van der Waals surface area contributed by atoms with E-state index >= 15 is 0 Å². The molecule has 9 nitrogen and oxygen atoms in total. The number of hydrogen-bond acceptors (Lipinski definition) is 5. The minimum atomic E-state index is -0.884. The zero-order valence-corrected chi connectivity index (χ0v) is 21.6. The molecule has 2 heterocycles. The summed E-state index contributed by atoms with van der Waals surface area (Å²) >= 11 is 0. The van der Waals surface area contributed by atoms with Crippen LogP contribution in [0.1, 0.15) is 81.1 Å². The first kappa shape index (κ1) is 27.1. The maximum atomic E-state index is 12.9. The number of nitrogens with zero attached hydrogens (tertiary/aromatic N) is 4. The minimum absolute atomic E-state index is 0.0745. The van der Waals surface area contributed by atoms with Gasteiger partial charge in [0.1, 0.15) is 13.1 Å². The summed E-state index contributed by atoms with van der Waals surface area (Å²) in [7, 11) is 0. The molecule has 2 aliphatic rings. The molecule has 0 radical (unpaired) electrons. The topological polar surface area (TPSA) is 90.5 Å². The summed E-state index contributed by atoms with van der Waals surface area (Å²) in [5.41, 5.74) is -1.77. The van der Waals surface area contributed by atoms with E-state index in [1.54, 1.807) is 0 Å². The van der Waals surface area contributed by atoms with Crippen molar-refractivity contribution in [3.63, 3.8) is 0 Å². The van der Waals surface area contributed by atoms with Crippen LogP contribution in [0.2, 0.25) is 0 Å². The Morgan fingerprint density at radius 2 is 1.03 bits per heavy atom. The second-order valence-electron chi connectivity index (χ2n) is 10.0. The van der Waals surface area contributed by atoms with Gasteiger partial charge in [0.05, 0.1) is 23.3 Å². The van der Waals surface area contributed by atoms with Crippen molar-refractivity contribution in [2.24, 2.45) is 0 Å². The number of urea groups is 2. The number of ether oxygens (including phenoxy) is 1. The van der Waals surface area contributed by atoms with Crippen LogP contribution >= 0.6 is 0 Å². The molecule has 2 rings (SSSR count). The lowest BCUT2D eigenvalue weighted by Crippen LogP contribution is -2.61. The Hall–Kier alpha value is -2.16. The molecule has 0 spiro atoms. The van der Waals surface area contributed by atoms with Gasteiger partial charge in [-0.25, -0.2) is 9.59 Å². The number of imide groups is 2. The molecule has 2 aliphatic heterocycles. The molecule has 0 aromatic heterocycles. The van der Waals surface area contributed by atoms with E-state index in [1.807, 2.05) is 55.4 Å². The van der Waals surface area contributed by atoms with E-state index in [0.29, 0.717) is 25.9 Å². The molecule has 2 fully saturated rings. The van der Waals surface area contributed by atoms with Gasteiger partial charge in [-0.05, 0) is 54.4 Å². The molecule has 2 atom stereocenters. The Morgan fingerprint density at radius 3 is 1.27 bits per heavy atom. The van der Waals surface area contributed by atoms with Gasteiger partial charge >= 0.3 is 12.1 Å². The molecule has 0 N–H and O–H groups in total. The average Bonchev–Trinajstić information content (AvgIpc) is 3.20. The van der Waals surface area contributed by atoms with Crippen molar-refractivity contribution >= 4 is 23.9 Å². The fraction of sp³-hybridized carbons (Fsp3) is 0.833. The second-order valence-corrected chi connectivity index (χ2v) is 10.0. The first-order chi connectivity index (χ1) is 15.4. The van der Waals surface area contributed by atoms with Gasteiger partial charge in [-0.1, -0.05) is 26.7 Å². The zero-order valence-electron chi connectivity index (χ0n) is 21.6. The summed E-state index contributed by atoms with van der Waals surface area (Å²) in [6.45, 7) is 16.3. The minimum Gasteiger partial charge on any atom is -0.370 e. The van der Waals surface area contributed by atoms with Gasteiger partial charge in [-0.15, -0.1) is 0 Å². The molecule has 2 saturated heterocycles. The predicted octanol–water partition coefficient (Wildman–Crippen LogP) is 3.47. The van der Waals surface area contributed by atoms with Crippen LogP contribution < -0.4 is 0 Å². The van der Waals surface area contributed by atoms with Gasteiger partial charge in [0.15, 0.2) is 0 Å². The Labute approximate surface area is 198 Å². The molecule has 0 aromatic carbocycles. The lowest BCUT2D eigenvalue weighted by Gasteiger charge is -2.46. The molecule has 0 aliphatic carbocycles. The third kappa shape index (κ3) is 5.03. The molecule has 0 bridgehead atoms. The number of rotatable bonds is 12. The number of carbonyl (C=O) groups is 4. The number of amides is 6. The predicted molar refractivity (Wildman–Crippen MR) is 126 cm³/mol. The van der Waals surface area contributed by atoms with Crippen molar-refractivity contribution in [3.8, 4) is 0 Å². The van der Waals surface area contributed by atoms with Crippen molar-refractivity contribution in [1.29, 1.82) is 0 Å². The molecule has 0 saturated carbocycles. The third-order valence-corrected chi connectivity index (χ3v) is 7.00. The fourth-order valence-corrected chi connectivity index (χ4v) is 4.92. The van der Waals surface area contributed by atoms with Crippen LogP contribution in [0.5, 0.6) is 0 Å². The van der Waals surface area contributed by atoms with Gasteiger partial charge in [-0.3, -0.25) is 19.4 Å². The van der Waals surface area contributed by atoms with Gasteiger partial charge in [-0.2, -0.15) is 0 Å². The summed E-state index contributed by atoms with van der Waals surface area (Å²) in [5, 5.41) is 0. The molecule has 9 heteroatoms. The third-order valence-electron chi connectivity index (χ3n) is 7.00. The summed E-state index contributed by atoms with van der Waals surface area (Å²) < 4.78 is 6.69. The summed E-state index contributed by atoms with van der Waals surface area (Å²) in [4.78, 5) is 57.2. The van der Waals surface area contributed by atoms with E-state index in [2.05, 4.69) is 0 Å². The number of carbonyl (C=O) groups excluding carboxylic acids is 4. The van der Waals surface area contributed by atoms with Crippen molar-refractivity contribution in [1.82, 2.24) is 19.6 Å². The van der Waals surface area contributed by atoms with Gasteiger partial charge in [0.2, 0.25) is 0 Å². The smallest absolute Gasteiger partial charge is 0.327 e. The molecule has 0 aromatic rings. The Balaban J connectivity index is 2.37. The van der Waals surface area contributed by atoms with E-state index in [0.717, 1.165) is 12.8 Å². The van der Waals surface area contributed by atoms with E-state index in [-0.39, 0.29) is 37.0 Å². The summed E-state index contributed by atoms with van der Waals surface area (Å²) in [6, 6.07) is -0.598. The van der Waals surface area contributed by atoms with Gasteiger partial charge in [0, 0.05) is 13.1 Å². The van der Waals surface area contributed by atoms with Crippen LogP contribution in [-0.4, -0.2) is 92.9 Å². The average molecular weight is 467 g/mol. The highest BCUT2D eigenvalue weighted by molar-refractivity contribution is 6.03.